The second-order valence-corrected chi connectivity index (χ2v) is 4.00. The molecule has 78 valence electrons. The molecule has 0 aliphatic heterocycles. The van der Waals surface area contributed by atoms with Crippen LogP contribution >= 0.6 is 0 Å². The third-order valence-electron chi connectivity index (χ3n) is 1.99. The first-order chi connectivity index (χ1) is 6.61. The molecule has 0 heterocycles. The average Bonchev–Trinajstić information content (AvgIpc) is 2.15. The summed E-state index contributed by atoms with van der Waals surface area (Å²) in [6.45, 7) is 4.33. The minimum atomic E-state index is -2.19. The lowest BCUT2D eigenvalue weighted by molar-refractivity contribution is 0.295. The van der Waals surface area contributed by atoms with Crippen molar-refractivity contribution in [2.24, 2.45) is 0 Å². The van der Waals surface area contributed by atoms with Crippen LogP contribution in [0.4, 0.5) is 0 Å². The van der Waals surface area contributed by atoms with E-state index in [-0.39, 0.29) is 6.61 Å². The highest BCUT2D eigenvalue weighted by molar-refractivity contribution is 7.74. The predicted molar refractivity (Wildman–Crippen MR) is 56.1 cm³/mol. The molecule has 1 aromatic rings. The molecule has 0 saturated carbocycles. The van der Waals surface area contributed by atoms with Crippen molar-refractivity contribution >= 4 is 11.4 Å². The molecule has 3 nitrogen and oxygen atoms in total. The van der Waals surface area contributed by atoms with Crippen LogP contribution in [0.2, 0.25) is 0 Å². The quantitative estimate of drug-likeness (QED) is 0.783. The van der Waals surface area contributed by atoms with Gasteiger partial charge in [0.05, 0.1) is 6.61 Å². The van der Waals surface area contributed by atoms with Crippen LogP contribution in [0, 0.1) is 0 Å². The molecule has 0 aliphatic carbocycles. The standard InChI is InChI=1S/C10H14O3S/c1-8(2)10-6-4-3-5-9(10)7-13-14(11)12/h3-6,8H,7H2,1-2H3,(H,11,12). The Labute approximate surface area is 86.6 Å². The van der Waals surface area contributed by atoms with E-state index >= 15 is 0 Å². The van der Waals surface area contributed by atoms with Crippen molar-refractivity contribution in [1.29, 1.82) is 0 Å². The summed E-state index contributed by atoms with van der Waals surface area (Å²) in [5, 5.41) is 0. The fraction of sp³-hybridized carbons (Fsp3) is 0.400. The van der Waals surface area contributed by atoms with E-state index in [1.807, 2.05) is 24.3 Å². The number of rotatable bonds is 4. The normalized spacial score (nSPS) is 13.1. The molecular formula is C10H14O3S. The largest absolute Gasteiger partial charge is 0.302 e. The average molecular weight is 214 g/mol. The van der Waals surface area contributed by atoms with Crippen molar-refractivity contribution in [1.82, 2.24) is 0 Å². The highest BCUT2D eigenvalue weighted by Gasteiger charge is 2.06. The molecule has 1 unspecified atom stereocenters. The van der Waals surface area contributed by atoms with E-state index in [1.54, 1.807) is 0 Å². The Balaban J connectivity index is 2.79. The van der Waals surface area contributed by atoms with Gasteiger partial charge >= 0.3 is 11.4 Å². The second-order valence-electron chi connectivity index (χ2n) is 3.33. The van der Waals surface area contributed by atoms with Crippen LogP contribution in [0.15, 0.2) is 24.3 Å². The van der Waals surface area contributed by atoms with Crippen LogP contribution in [0.25, 0.3) is 0 Å². The van der Waals surface area contributed by atoms with E-state index in [0.717, 1.165) is 11.1 Å². The lowest BCUT2D eigenvalue weighted by Gasteiger charge is -2.11. The molecular weight excluding hydrogens is 200 g/mol. The summed E-state index contributed by atoms with van der Waals surface area (Å²) in [6.07, 6.45) is 0. The SMILES string of the molecule is CC(C)c1ccccc1COS(=O)O. The molecule has 1 atom stereocenters. The van der Waals surface area contributed by atoms with E-state index in [2.05, 4.69) is 18.0 Å². The maximum atomic E-state index is 10.3. The van der Waals surface area contributed by atoms with Gasteiger partial charge in [-0.3, -0.25) is 8.74 Å². The van der Waals surface area contributed by atoms with Gasteiger partial charge in [-0.25, -0.2) is 0 Å². The van der Waals surface area contributed by atoms with Gasteiger partial charge in [0.2, 0.25) is 0 Å². The highest BCUT2D eigenvalue weighted by atomic mass is 32.2. The summed E-state index contributed by atoms with van der Waals surface area (Å²) < 4.78 is 23.5. The van der Waals surface area contributed by atoms with Crippen molar-refractivity contribution < 1.29 is 12.9 Å². The lowest BCUT2D eigenvalue weighted by atomic mass is 9.98. The monoisotopic (exact) mass is 214 g/mol. The van der Waals surface area contributed by atoms with Crippen LogP contribution < -0.4 is 0 Å². The first-order valence-corrected chi connectivity index (χ1v) is 5.46. The predicted octanol–water partition coefficient (Wildman–Crippen LogP) is 2.46. The summed E-state index contributed by atoms with van der Waals surface area (Å²) in [7, 11) is 0. The van der Waals surface area contributed by atoms with Crippen molar-refractivity contribution in [3.63, 3.8) is 0 Å². The highest BCUT2D eigenvalue weighted by Crippen LogP contribution is 2.19. The van der Waals surface area contributed by atoms with Gasteiger partial charge in [-0.15, -0.1) is 0 Å². The van der Waals surface area contributed by atoms with Gasteiger partial charge in [0.15, 0.2) is 0 Å². The molecule has 0 aliphatic rings. The van der Waals surface area contributed by atoms with Gasteiger partial charge in [0.1, 0.15) is 0 Å². The number of hydrogen-bond acceptors (Lipinski definition) is 2. The summed E-state index contributed by atoms with van der Waals surface area (Å²) >= 11 is -2.19. The van der Waals surface area contributed by atoms with Gasteiger partial charge in [0.25, 0.3) is 0 Å². The third kappa shape index (κ3) is 3.21. The van der Waals surface area contributed by atoms with Gasteiger partial charge in [0, 0.05) is 0 Å². The Bertz CT molecular complexity index is 323. The molecule has 0 saturated heterocycles. The Morgan fingerprint density at radius 3 is 2.64 bits per heavy atom. The zero-order valence-electron chi connectivity index (χ0n) is 8.27. The summed E-state index contributed by atoms with van der Waals surface area (Å²) in [5.41, 5.74) is 2.11. The van der Waals surface area contributed by atoms with Crippen LogP contribution in [0.5, 0.6) is 0 Å². The molecule has 0 bridgehead atoms. The minimum Gasteiger partial charge on any atom is -0.284 e. The van der Waals surface area contributed by atoms with Gasteiger partial charge in [-0.2, -0.15) is 4.21 Å². The molecule has 0 radical (unpaired) electrons. The van der Waals surface area contributed by atoms with E-state index < -0.39 is 11.4 Å². The molecule has 0 fully saturated rings. The first kappa shape index (κ1) is 11.4. The molecule has 0 spiro atoms. The Morgan fingerprint density at radius 2 is 2.07 bits per heavy atom. The van der Waals surface area contributed by atoms with Crippen molar-refractivity contribution in [2.75, 3.05) is 0 Å². The van der Waals surface area contributed by atoms with E-state index in [4.69, 9.17) is 4.55 Å². The van der Waals surface area contributed by atoms with Gasteiger partial charge in [-0.05, 0) is 17.0 Å². The Kier molecular flexibility index (Phi) is 4.25. The van der Waals surface area contributed by atoms with Crippen LogP contribution in [-0.2, 0) is 22.2 Å². The second kappa shape index (κ2) is 5.24. The van der Waals surface area contributed by atoms with Crippen molar-refractivity contribution in [2.45, 2.75) is 26.4 Å². The first-order valence-electron chi connectivity index (χ1n) is 4.43. The summed E-state index contributed by atoms with van der Waals surface area (Å²) in [6, 6.07) is 7.76. The molecule has 0 amide bonds. The van der Waals surface area contributed by atoms with Crippen LogP contribution in [-0.4, -0.2) is 8.76 Å². The van der Waals surface area contributed by atoms with Crippen LogP contribution in [0.3, 0.4) is 0 Å². The van der Waals surface area contributed by atoms with Gasteiger partial charge < -0.3 is 0 Å². The molecule has 0 aromatic heterocycles. The smallest absolute Gasteiger partial charge is 0.284 e. The molecule has 1 aromatic carbocycles. The fourth-order valence-electron chi connectivity index (χ4n) is 1.34. The molecule has 1 N–H and O–H groups in total. The van der Waals surface area contributed by atoms with Crippen LogP contribution in [0.1, 0.15) is 30.9 Å². The maximum absolute atomic E-state index is 10.3. The molecule has 4 heteroatoms. The summed E-state index contributed by atoms with van der Waals surface area (Å²) in [5.74, 6) is 0.391. The number of hydrogen-bond donors (Lipinski definition) is 1. The van der Waals surface area contributed by atoms with Gasteiger partial charge in [-0.1, -0.05) is 38.1 Å². The van der Waals surface area contributed by atoms with Crippen molar-refractivity contribution in [3.8, 4) is 0 Å². The zero-order chi connectivity index (χ0) is 10.6. The topological polar surface area (TPSA) is 46.5 Å². The Morgan fingerprint density at radius 1 is 1.43 bits per heavy atom. The minimum absolute atomic E-state index is 0.178. The van der Waals surface area contributed by atoms with E-state index in [0.29, 0.717) is 5.92 Å². The third-order valence-corrected chi connectivity index (χ3v) is 2.31. The maximum Gasteiger partial charge on any atom is 0.302 e. The summed E-state index contributed by atoms with van der Waals surface area (Å²) in [4.78, 5) is 0. The zero-order valence-corrected chi connectivity index (χ0v) is 9.08. The van der Waals surface area contributed by atoms with E-state index in [1.165, 1.54) is 0 Å². The lowest BCUT2D eigenvalue weighted by Crippen LogP contribution is -2.00. The number of benzene rings is 1. The fourth-order valence-corrected chi connectivity index (χ4v) is 1.57. The van der Waals surface area contributed by atoms with Crippen molar-refractivity contribution in [3.05, 3.63) is 35.4 Å². The molecule has 1 rings (SSSR count). The molecule has 14 heavy (non-hydrogen) atoms. The van der Waals surface area contributed by atoms with E-state index in [9.17, 15) is 4.21 Å². The Hall–Kier alpha value is -0.710.